The summed E-state index contributed by atoms with van der Waals surface area (Å²) in [5, 5.41) is 26.2. The molecule has 0 bridgehead atoms. The Kier molecular flexibility index (Phi) is 2.68. The molecule has 1 aromatic carbocycles. The van der Waals surface area contributed by atoms with E-state index < -0.39 is 0 Å². The van der Waals surface area contributed by atoms with Gasteiger partial charge in [-0.15, -0.1) is 0 Å². The molecule has 3 nitrogen and oxygen atoms in total. The standard InChI is InChI=1S/C10H6N2O/c11-6-8(7-12)5-9-3-1-2-4-10(9)13/h1-5,13H. The predicted octanol–water partition coefficient (Wildman–Crippen LogP) is 1.82. The minimum absolute atomic E-state index is 0.0264. The number of hydrogen-bond donors (Lipinski definition) is 1. The van der Waals surface area contributed by atoms with Crippen LogP contribution in [0.4, 0.5) is 0 Å². The van der Waals surface area contributed by atoms with E-state index in [0.29, 0.717) is 5.56 Å². The lowest BCUT2D eigenvalue weighted by atomic mass is 10.1. The van der Waals surface area contributed by atoms with Crippen molar-refractivity contribution in [1.29, 1.82) is 10.5 Å². The van der Waals surface area contributed by atoms with Crippen molar-refractivity contribution in [3.63, 3.8) is 0 Å². The van der Waals surface area contributed by atoms with Gasteiger partial charge in [0.1, 0.15) is 23.5 Å². The van der Waals surface area contributed by atoms with Crippen molar-refractivity contribution in [2.45, 2.75) is 0 Å². The van der Waals surface area contributed by atoms with Crippen molar-refractivity contribution >= 4 is 6.08 Å². The average Bonchev–Trinajstić information content (AvgIpc) is 2.17. The van der Waals surface area contributed by atoms with Gasteiger partial charge >= 0.3 is 0 Å². The van der Waals surface area contributed by atoms with Crippen LogP contribution in [0.25, 0.3) is 6.08 Å². The minimum atomic E-state index is -0.0264. The van der Waals surface area contributed by atoms with Crippen molar-refractivity contribution < 1.29 is 5.11 Å². The van der Waals surface area contributed by atoms with Gasteiger partial charge in [-0.3, -0.25) is 0 Å². The van der Waals surface area contributed by atoms with E-state index in [1.165, 1.54) is 12.1 Å². The number of nitrogens with zero attached hydrogens (tertiary/aromatic N) is 2. The Hall–Kier alpha value is -2.26. The first-order valence-electron chi connectivity index (χ1n) is 3.58. The molecule has 1 N–H and O–H groups in total. The largest absolute Gasteiger partial charge is 0.507 e. The Balaban J connectivity index is 3.14. The maximum Gasteiger partial charge on any atom is 0.130 e. The second-order valence-corrected chi connectivity index (χ2v) is 2.34. The van der Waals surface area contributed by atoms with E-state index in [4.69, 9.17) is 10.5 Å². The first-order valence-corrected chi connectivity index (χ1v) is 3.58. The molecule has 0 aliphatic rings. The van der Waals surface area contributed by atoms with Gasteiger partial charge in [-0.2, -0.15) is 10.5 Å². The molecule has 0 amide bonds. The van der Waals surface area contributed by atoms with E-state index >= 15 is 0 Å². The van der Waals surface area contributed by atoms with Crippen LogP contribution in [0.1, 0.15) is 5.56 Å². The third-order valence-corrected chi connectivity index (χ3v) is 1.48. The molecule has 0 radical (unpaired) electrons. The maximum absolute atomic E-state index is 9.29. The highest BCUT2D eigenvalue weighted by atomic mass is 16.3. The van der Waals surface area contributed by atoms with E-state index in [1.807, 2.05) is 0 Å². The minimum Gasteiger partial charge on any atom is -0.507 e. The van der Waals surface area contributed by atoms with Crippen LogP contribution >= 0.6 is 0 Å². The number of benzene rings is 1. The van der Waals surface area contributed by atoms with Gasteiger partial charge in [-0.05, 0) is 12.1 Å². The monoisotopic (exact) mass is 170 g/mol. The molecule has 0 fully saturated rings. The van der Waals surface area contributed by atoms with Crippen LogP contribution in [0.3, 0.4) is 0 Å². The first-order chi connectivity index (χ1) is 6.27. The molecule has 0 saturated carbocycles. The molecule has 13 heavy (non-hydrogen) atoms. The molecule has 0 aliphatic heterocycles. The summed E-state index contributed by atoms with van der Waals surface area (Å²) in [4.78, 5) is 0. The van der Waals surface area contributed by atoms with Gasteiger partial charge < -0.3 is 5.11 Å². The summed E-state index contributed by atoms with van der Waals surface area (Å²) >= 11 is 0. The number of para-hydroxylation sites is 1. The zero-order chi connectivity index (χ0) is 9.68. The van der Waals surface area contributed by atoms with Crippen LogP contribution in [-0.4, -0.2) is 5.11 Å². The molecule has 1 rings (SSSR count). The summed E-state index contributed by atoms with van der Waals surface area (Å²) in [5.41, 5.74) is 0.446. The van der Waals surface area contributed by atoms with Gasteiger partial charge in [0.25, 0.3) is 0 Å². The van der Waals surface area contributed by atoms with Crippen LogP contribution in [0.5, 0.6) is 5.75 Å². The van der Waals surface area contributed by atoms with E-state index in [9.17, 15) is 5.11 Å². The first kappa shape index (κ1) is 8.83. The van der Waals surface area contributed by atoms with Crippen molar-refractivity contribution in [3.8, 4) is 17.9 Å². The lowest BCUT2D eigenvalue weighted by Gasteiger charge is -1.95. The second kappa shape index (κ2) is 3.94. The smallest absolute Gasteiger partial charge is 0.130 e. The SMILES string of the molecule is N#CC(C#N)=Cc1ccccc1O. The van der Waals surface area contributed by atoms with E-state index in [1.54, 1.807) is 30.3 Å². The number of aromatic hydroxyl groups is 1. The Morgan fingerprint density at radius 1 is 1.23 bits per heavy atom. The summed E-state index contributed by atoms with van der Waals surface area (Å²) in [5.74, 6) is 0.0606. The van der Waals surface area contributed by atoms with Crippen LogP contribution in [-0.2, 0) is 0 Å². The maximum atomic E-state index is 9.29. The van der Waals surface area contributed by atoms with Gasteiger partial charge in [0.15, 0.2) is 0 Å². The Bertz CT molecular complexity index is 405. The molecule has 0 heterocycles. The number of nitriles is 2. The topological polar surface area (TPSA) is 67.8 Å². The number of phenolic OH excluding ortho intramolecular Hbond substituents is 1. The Labute approximate surface area is 75.8 Å². The number of hydrogen-bond acceptors (Lipinski definition) is 3. The van der Waals surface area contributed by atoms with Gasteiger partial charge in [0.05, 0.1) is 0 Å². The molecule has 0 spiro atoms. The van der Waals surface area contributed by atoms with Gasteiger partial charge in [-0.1, -0.05) is 18.2 Å². The number of allylic oxidation sites excluding steroid dienone is 1. The normalized spacial score (nSPS) is 8.15. The molecule has 0 aliphatic carbocycles. The quantitative estimate of drug-likeness (QED) is 0.653. The molecule has 1 aromatic rings. The molecule has 0 aromatic heterocycles. The summed E-state index contributed by atoms with van der Waals surface area (Å²) in [6.45, 7) is 0. The fourth-order valence-electron chi connectivity index (χ4n) is 0.855. The van der Waals surface area contributed by atoms with Crippen molar-refractivity contribution in [3.05, 3.63) is 35.4 Å². The highest BCUT2D eigenvalue weighted by Gasteiger charge is 1.97. The summed E-state index contributed by atoms with van der Waals surface area (Å²) < 4.78 is 0. The molecular weight excluding hydrogens is 164 g/mol. The highest BCUT2D eigenvalue weighted by molar-refractivity contribution is 5.65. The zero-order valence-electron chi connectivity index (χ0n) is 6.73. The lowest BCUT2D eigenvalue weighted by molar-refractivity contribution is 0.474. The van der Waals surface area contributed by atoms with Crippen molar-refractivity contribution in [1.82, 2.24) is 0 Å². The number of rotatable bonds is 1. The third-order valence-electron chi connectivity index (χ3n) is 1.48. The summed E-state index contributed by atoms with van der Waals surface area (Å²) in [7, 11) is 0. The van der Waals surface area contributed by atoms with E-state index in [2.05, 4.69) is 0 Å². The van der Waals surface area contributed by atoms with E-state index in [-0.39, 0.29) is 11.3 Å². The zero-order valence-corrected chi connectivity index (χ0v) is 6.73. The fraction of sp³-hybridized carbons (Fsp3) is 0. The van der Waals surface area contributed by atoms with Gasteiger partial charge in [0, 0.05) is 5.56 Å². The molecule has 3 heteroatoms. The van der Waals surface area contributed by atoms with Crippen molar-refractivity contribution in [2.75, 3.05) is 0 Å². The van der Waals surface area contributed by atoms with Crippen LogP contribution in [0, 0.1) is 22.7 Å². The second-order valence-electron chi connectivity index (χ2n) is 2.34. The molecular formula is C10H6N2O. The lowest BCUT2D eigenvalue weighted by Crippen LogP contribution is -1.76. The van der Waals surface area contributed by atoms with Crippen LogP contribution in [0.15, 0.2) is 29.8 Å². The van der Waals surface area contributed by atoms with Gasteiger partial charge in [0.2, 0.25) is 0 Å². The molecule has 0 atom stereocenters. The number of phenols is 1. The fourth-order valence-corrected chi connectivity index (χ4v) is 0.855. The predicted molar refractivity (Wildman–Crippen MR) is 47.3 cm³/mol. The van der Waals surface area contributed by atoms with Gasteiger partial charge in [-0.25, -0.2) is 0 Å². The molecule has 0 unspecified atom stereocenters. The van der Waals surface area contributed by atoms with Crippen molar-refractivity contribution in [2.24, 2.45) is 0 Å². The highest BCUT2D eigenvalue weighted by Crippen LogP contribution is 2.18. The van der Waals surface area contributed by atoms with E-state index in [0.717, 1.165) is 0 Å². The van der Waals surface area contributed by atoms with Crippen LogP contribution in [0.2, 0.25) is 0 Å². The Morgan fingerprint density at radius 2 is 1.85 bits per heavy atom. The Morgan fingerprint density at radius 3 is 2.38 bits per heavy atom. The summed E-state index contributed by atoms with van der Waals surface area (Å²) in [6, 6.07) is 9.95. The molecule has 62 valence electrons. The van der Waals surface area contributed by atoms with Crippen LogP contribution < -0.4 is 0 Å². The molecule has 0 saturated heterocycles. The average molecular weight is 170 g/mol. The third kappa shape index (κ3) is 2.08. The summed E-state index contributed by atoms with van der Waals surface area (Å²) in [6.07, 6.45) is 1.34.